The van der Waals surface area contributed by atoms with Crippen LogP contribution in [0.25, 0.3) is 11.0 Å². The van der Waals surface area contributed by atoms with E-state index in [1.54, 1.807) is 24.6 Å². The molecule has 0 radical (unpaired) electrons. The van der Waals surface area contributed by atoms with Crippen LogP contribution < -0.4 is 15.8 Å². The monoisotopic (exact) mass is 572 g/mol. The SMILES string of the molecule is CC(=O)c1c(C)c2cnc(Nc3ccc(N4CCC(N5CCN(C(C)=O)CC5)CC4)cn3)nc2n(C2CCCC2)c1=O. The molecule has 0 spiro atoms. The summed E-state index contributed by atoms with van der Waals surface area (Å²) in [4.78, 5) is 58.3. The van der Waals surface area contributed by atoms with E-state index in [0.717, 1.165) is 88.9 Å². The zero-order chi connectivity index (χ0) is 29.4. The van der Waals surface area contributed by atoms with Gasteiger partial charge in [-0.2, -0.15) is 4.98 Å². The predicted molar refractivity (Wildman–Crippen MR) is 163 cm³/mol. The summed E-state index contributed by atoms with van der Waals surface area (Å²) in [5.41, 5.74) is 2.26. The molecular formula is C31H40N8O3. The number of anilines is 3. The summed E-state index contributed by atoms with van der Waals surface area (Å²) < 4.78 is 1.72. The Kier molecular flexibility index (Phi) is 7.94. The lowest BCUT2D eigenvalue weighted by molar-refractivity contribution is -0.130. The number of ketones is 1. The molecule has 5 heterocycles. The molecule has 1 amide bonds. The fourth-order valence-corrected chi connectivity index (χ4v) is 6.96. The van der Waals surface area contributed by atoms with E-state index >= 15 is 0 Å². The molecule has 0 aromatic carbocycles. The number of rotatable bonds is 6. The Bertz CT molecular complexity index is 1530. The van der Waals surface area contributed by atoms with E-state index < -0.39 is 0 Å². The third-order valence-corrected chi connectivity index (χ3v) is 9.34. The van der Waals surface area contributed by atoms with Crippen molar-refractivity contribution in [2.45, 2.75) is 71.4 Å². The molecule has 1 N–H and O–H groups in total. The molecule has 2 aliphatic heterocycles. The van der Waals surface area contributed by atoms with E-state index in [2.05, 4.69) is 31.2 Å². The average molecular weight is 573 g/mol. The van der Waals surface area contributed by atoms with Crippen LogP contribution in [0.1, 0.15) is 74.3 Å². The minimum atomic E-state index is -0.256. The average Bonchev–Trinajstić information content (AvgIpc) is 3.52. The van der Waals surface area contributed by atoms with Crippen LogP contribution in [0.15, 0.2) is 29.3 Å². The molecule has 1 aliphatic carbocycles. The Hall–Kier alpha value is -3.86. The fourth-order valence-electron chi connectivity index (χ4n) is 6.96. The van der Waals surface area contributed by atoms with Crippen molar-refractivity contribution in [1.29, 1.82) is 0 Å². The predicted octanol–water partition coefficient (Wildman–Crippen LogP) is 3.69. The number of hydrogen-bond donors (Lipinski definition) is 1. The highest BCUT2D eigenvalue weighted by molar-refractivity contribution is 5.99. The summed E-state index contributed by atoms with van der Waals surface area (Å²) in [6.45, 7) is 10.4. The number of nitrogens with one attached hydrogen (secondary N) is 1. The van der Waals surface area contributed by atoms with Crippen molar-refractivity contribution in [2.24, 2.45) is 0 Å². The molecule has 11 nitrogen and oxygen atoms in total. The molecule has 222 valence electrons. The summed E-state index contributed by atoms with van der Waals surface area (Å²) in [7, 11) is 0. The van der Waals surface area contributed by atoms with Gasteiger partial charge in [0.15, 0.2) is 5.78 Å². The lowest BCUT2D eigenvalue weighted by Crippen LogP contribution is -2.54. The van der Waals surface area contributed by atoms with Crippen LogP contribution in [0.2, 0.25) is 0 Å². The number of piperazine rings is 1. The summed E-state index contributed by atoms with van der Waals surface area (Å²) >= 11 is 0. The van der Waals surface area contributed by atoms with Gasteiger partial charge in [0.25, 0.3) is 5.56 Å². The molecule has 42 heavy (non-hydrogen) atoms. The lowest BCUT2D eigenvalue weighted by atomic mass is 10.0. The van der Waals surface area contributed by atoms with E-state index in [1.165, 1.54) is 6.92 Å². The van der Waals surface area contributed by atoms with Crippen LogP contribution in [0.4, 0.5) is 17.5 Å². The minimum absolute atomic E-state index is 0.0353. The van der Waals surface area contributed by atoms with E-state index in [1.807, 2.05) is 17.2 Å². The lowest BCUT2D eigenvalue weighted by Gasteiger charge is -2.43. The van der Waals surface area contributed by atoms with E-state index in [9.17, 15) is 14.4 Å². The van der Waals surface area contributed by atoms with Crippen molar-refractivity contribution >= 4 is 40.2 Å². The van der Waals surface area contributed by atoms with Crippen molar-refractivity contribution in [3.05, 3.63) is 46.0 Å². The van der Waals surface area contributed by atoms with Crippen LogP contribution in [0.5, 0.6) is 0 Å². The van der Waals surface area contributed by atoms with Gasteiger partial charge in [-0.1, -0.05) is 12.8 Å². The molecule has 6 rings (SSSR count). The van der Waals surface area contributed by atoms with Crippen molar-refractivity contribution in [3.8, 4) is 0 Å². The van der Waals surface area contributed by atoms with Gasteiger partial charge in [0, 0.05) is 69.9 Å². The maximum absolute atomic E-state index is 13.5. The number of Topliss-reactive ketones (excluding diaryl/α,β-unsaturated/α-hetero) is 1. The maximum Gasteiger partial charge on any atom is 0.263 e. The van der Waals surface area contributed by atoms with Gasteiger partial charge < -0.3 is 15.1 Å². The number of piperidine rings is 1. The third kappa shape index (κ3) is 5.49. The molecule has 3 aromatic heterocycles. The Labute approximate surface area is 245 Å². The number of carbonyl (C=O) groups excluding carboxylic acids is 2. The number of fused-ring (bicyclic) bond motifs is 1. The molecule has 0 atom stereocenters. The molecule has 11 heteroatoms. The maximum atomic E-state index is 13.5. The number of carbonyl (C=O) groups is 2. The van der Waals surface area contributed by atoms with Gasteiger partial charge in [-0.05, 0) is 57.2 Å². The number of nitrogens with zero attached hydrogens (tertiary/aromatic N) is 7. The number of aromatic nitrogens is 4. The van der Waals surface area contributed by atoms with E-state index in [4.69, 9.17) is 4.98 Å². The third-order valence-electron chi connectivity index (χ3n) is 9.34. The smallest absolute Gasteiger partial charge is 0.263 e. The minimum Gasteiger partial charge on any atom is -0.370 e. The number of pyridine rings is 2. The Morgan fingerprint density at radius 1 is 0.881 bits per heavy atom. The van der Waals surface area contributed by atoms with E-state index in [-0.39, 0.29) is 28.9 Å². The van der Waals surface area contributed by atoms with Gasteiger partial charge in [-0.15, -0.1) is 0 Å². The molecular weight excluding hydrogens is 532 g/mol. The first kappa shape index (κ1) is 28.3. The number of amides is 1. The van der Waals surface area contributed by atoms with Crippen molar-refractivity contribution in [3.63, 3.8) is 0 Å². The fraction of sp³-hybridized carbons (Fsp3) is 0.548. The largest absolute Gasteiger partial charge is 0.370 e. The van der Waals surface area contributed by atoms with Crippen LogP contribution in [-0.4, -0.2) is 86.3 Å². The summed E-state index contributed by atoms with van der Waals surface area (Å²) in [6.07, 6.45) is 9.70. The topological polar surface area (TPSA) is 117 Å². The summed E-state index contributed by atoms with van der Waals surface area (Å²) in [6, 6.07) is 4.60. The number of aryl methyl sites for hydroxylation is 1. The number of hydrogen-bond acceptors (Lipinski definition) is 9. The summed E-state index contributed by atoms with van der Waals surface area (Å²) in [5, 5.41) is 3.94. The first-order valence-electron chi connectivity index (χ1n) is 15.2. The Morgan fingerprint density at radius 2 is 1.60 bits per heavy atom. The normalized spacial score (nSPS) is 19.0. The first-order chi connectivity index (χ1) is 20.3. The second-order valence-electron chi connectivity index (χ2n) is 11.9. The van der Waals surface area contributed by atoms with Crippen LogP contribution in [0.3, 0.4) is 0 Å². The van der Waals surface area contributed by atoms with Crippen LogP contribution in [-0.2, 0) is 4.79 Å². The molecule has 0 unspecified atom stereocenters. The highest BCUT2D eigenvalue weighted by Gasteiger charge is 2.29. The molecule has 1 saturated carbocycles. The molecule has 3 fully saturated rings. The van der Waals surface area contributed by atoms with Gasteiger partial charge in [0.2, 0.25) is 11.9 Å². The quantitative estimate of drug-likeness (QED) is 0.442. The highest BCUT2D eigenvalue weighted by atomic mass is 16.2. The second-order valence-corrected chi connectivity index (χ2v) is 11.9. The van der Waals surface area contributed by atoms with Crippen LogP contribution in [0, 0.1) is 6.92 Å². The highest BCUT2D eigenvalue weighted by Crippen LogP contribution is 2.32. The zero-order valence-corrected chi connectivity index (χ0v) is 24.8. The van der Waals surface area contributed by atoms with Gasteiger partial charge in [0.1, 0.15) is 11.5 Å². The Morgan fingerprint density at radius 3 is 2.21 bits per heavy atom. The standard InChI is InChI=1S/C31H40N8O3/c1-20-26-19-33-31(35-29(26)39(24-6-4-5-7-24)30(42)28(20)21(2)40)34-27-9-8-25(18-32-27)37-12-10-23(11-13-37)38-16-14-36(15-17-38)22(3)41/h8-9,18-19,23-24H,4-7,10-17H2,1-3H3,(H,32,33,34,35). The molecule has 2 saturated heterocycles. The molecule has 0 bridgehead atoms. The first-order valence-corrected chi connectivity index (χ1v) is 15.2. The van der Waals surface area contributed by atoms with E-state index in [0.29, 0.717) is 29.0 Å². The van der Waals surface area contributed by atoms with Crippen LogP contribution >= 0.6 is 0 Å². The molecule has 3 aromatic rings. The van der Waals surface area contributed by atoms with Gasteiger partial charge >= 0.3 is 0 Å². The Balaban J connectivity index is 1.14. The van der Waals surface area contributed by atoms with Crippen molar-refractivity contribution in [1.82, 2.24) is 29.3 Å². The zero-order valence-electron chi connectivity index (χ0n) is 24.8. The van der Waals surface area contributed by atoms with Crippen molar-refractivity contribution in [2.75, 3.05) is 49.5 Å². The van der Waals surface area contributed by atoms with Gasteiger partial charge in [-0.25, -0.2) is 9.97 Å². The van der Waals surface area contributed by atoms with Crippen molar-refractivity contribution < 1.29 is 9.59 Å². The second kappa shape index (κ2) is 11.8. The van der Waals surface area contributed by atoms with Gasteiger partial charge in [-0.3, -0.25) is 23.9 Å². The molecule has 3 aliphatic rings. The summed E-state index contributed by atoms with van der Waals surface area (Å²) in [5.74, 6) is 0.942. The van der Waals surface area contributed by atoms with Gasteiger partial charge in [0.05, 0.1) is 17.4 Å².